The largest absolute Gasteiger partial charge is 0.463 e. The number of fused-ring (bicyclic) bond motifs is 5. The Balaban J connectivity index is 1.46. The minimum atomic E-state index is -0.103. The highest BCUT2D eigenvalue weighted by Crippen LogP contribution is 2.67. The Kier molecular flexibility index (Phi) is 7.43. The van der Waals surface area contributed by atoms with Crippen LogP contribution in [0, 0.1) is 52.3 Å². The van der Waals surface area contributed by atoms with Crippen molar-refractivity contribution in [1.29, 1.82) is 0 Å². The van der Waals surface area contributed by atoms with Gasteiger partial charge in [0.1, 0.15) is 6.10 Å². The first-order valence-corrected chi connectivity index (χ1v) is 14.5. The van der Waals surface area contributed by atoms with Crippen LogP contribution in [0.2, 0.25) is 0 Å². The summed E-state index contributed by atoms with van der Waals surface area (Å²) < 4.78 is 5.65. The fourth-order valence-electron chi connectivity index (χ4n) is 9.48. The van der Waals surface area contributed by atoms with Gasteiger partial charge in [0.25, 0.3) is 0 Å². The van der Waals surface area contributed by atoms with Crippen molar-refractivity contribution < 1.29 is 9.53 Å². The van der Waals surface area contributed by atoms with E-state index in [1.165, 1.54) is 57.8 Å². The van der Waals surface area contributed by atoms with Gasteiger partial charge in [-0.25, -0.2) is 0 Å². The van der Waals surface area contributed by atoms with Gasteiger partial charge in [-0.15, -0.1) is 0 Å². The third kappa shape index (κ3) is 4.58. The Hall–Kier alpha value is -0.790. The molecule has 0 N–H and O–H groups in total. The Morgan fingerprint density at radius 1 is 1.03 bits per heavy atom. The second kappa shape index (κ2) is 9.69. The summed E-state index contributed by atoms with van der Waals surface area (Å²) in [6.07, 6.45) is 17.3. The monoisotopic (exact) mass is 456 g/mol. The highest BCUT2D eigenvalue weighted by atomic mass is 16.5. The fourth-order valence-corrected chi connectivity index (χ4v) is 9.48. The number of ether oxygens (including phenoxy) is 1. The Morgan fingerprint density at radius 2 is 1.73 bits per heavy atom. The first-order valence-electron chi connectivity index (χ1n) is 14.5. The predicted octanol–water partition coefficient (Wildman–Crippen LogP) is 8.60. The van der Waals surface area contributed by atoms with Crippen molar-refractivity contribution in [2.24, 2.45) is 52.3 Å². The molecule has 0 aromatic heterocycles. The van der Waals surface area contributed by atoms with E-state index in [-0.39, 0.29) is 12.1 Å². The van der Waals surface area contributed by atoms with E-state index in [9.17, 15) is 4.79 Å². The number of rotatable bonds is 7. The number of esters is 1. The van der Waals surface area contributed by atoms with E-state index in [4.69, 9.17) is 4.74 Å². The summed E-state index contributed by atoms with van der Waals surface area (Å²) in [5.74, 6) is 5.65. The highest BCUT2D eigenvalue weighted by Gasteiger charge is 2.58. The zero-order valence-electron chi connectivity index (χ0n) is 22.8. The van der Waals surface area contributed by atoms with Crippen LogP contribution in [0.1, 0.15) is 119 Å². The number of carbonyl (C=O) groups excluding carboxylic acids is 1. The van der Waals surface area contributed by atoms with E-state index in [1.807, 2.05) is 5.57 Å². The van der Waals surface area contributed by atoms with Gasteiger partial charge in [-0.05, 0) is 110 Å². The maximum atomic E-state index is 11.5. The molecule has 33 heavy (non-hydrogen) atoms. The zero-order chi connectivity index (χ0) is 24.0. The maximum absolute atomic E-state index is 11.5. The van der Waals surface area contributed by atoms with Crippen molar-refractivity contribution in [2.75, 3.05) is 0 Å². The van der Waals surface area contributed by atoms with Crippen LogP contribution in [0.3, 0.4) is 0 Å². The summed E-state index contributed by atoms with van der Waals surface area (Å²) in [5.41, 5.74) is 2.79. The summed E-state index contributed by atoms with van der Waals surface area (Å²) in [7, 11) is 0. The molecule has 4 aliphatic rings. The second-order valence-corrected chi connectivity index (χ2v) is 13.4. The van der Waals surface area contributed by atoms with E-state index in [2.05, 4.69) is 47.6 Å². The predicted molar refractivity (Wildman–Crippen MR) is 138 cm³/mol. The average molecular weight is 457 g/mol. The molecule has 9 atom stereocenters. The van der Waals surface area contributed by atoms with E-state index < -0.39 is 0 Å². The van der Waals surface area contributed by atoms with E-state index in [0.717, 1.165) is 48.3 Å². The molecular weight excluding hydrogens is 404 g/mol. The number of hydrogen-bond donors (Lipinski definition) is 0. The van der Waals surface area contributed by atoms with Gasteiger partial charge in [-0.2, -0.15) is 0 Å². The summed E-state index contributed by atoms with van der Waals surface area (Å²) >= 11 is 0. The van der Waals surface area contributed by atoms with E-state index in [1.54, 1.807) is 6.92 Å². The summed E-state index contributed by atoms with van der Waals surface area (Å²) in [6.45, 7) is 16.6. The number of carbonyl (C=O) groups is 1. The zero-order valence-corrected chi connectivity index (χ0v) is 22.8. The lowest BCUT2D eigenvalue weighted by Gasteiger charge is -2.58. The molecular formula is C31H52O2. The topological polar surface area (TPSA) is 26.3 Å². The van der Waals surface area contributed by atoms with Crippen LogP contribution in [0.4, 0.5) is 0 Å². The number of allylic oxidation sites excluding steroid dienone is 2. The highest BCUT2D eigenvalue weighted by molar-refractivity contribution is 5.66. The molecule has 2 nitrogen and oxygen atoms in total. The lowest BCUT2D eigenvalue weighted by atomic mass is 9.47. The van der Waals surface area contributed by atoms with E-state index in [0.29, 0.717) is 16.7 Å². The van der Waals surface area contributed by atoms with Crippen molar-refractivity contribution in [3.05, 3.63) is 11.6 Å². The molecule has 0 aliphatic heterocycles. The summed E-state index contributed by atoms with van der Waals surface area (Å²) in [5, 5.41) is 0. The van der Waals surface area contributed by atoms with Crippen LogP contribution in [0.5, 0.6) is 0 Å². The normalized spacial score (nSPS) is 42.1. The standard InChI is InChI=1S/C31H52O2/c1-8-23(20(2)3)10-9-21(4)27-13-14-28-26-12-11-24-19-25(33-22(5)32)15-17-30(24,6)29(26)16-18-31(27,28)7/h12,20-21,23-25,27-29H,8-11,13-19H2,1-7H3/t21-,23-,24+,25-,27+,28-,29+,30+,31+/m1/s1. The first-order chi connectivity index (χ1) is 15.6. The molecule has 0 bridgehead atoms. The third-order valence-electron chi connectivity index (χ3n) is 11.6. The van der Waals surface area contributed by atoms with Gasteiger partial charge >= 0.3 is 5.97 Å². The van der Waals surface area contributed by atoms with Crippen LogP contribution < -0.4 is 0 Å². The molecule has 3 fully saturated rings. The third-order valence-corrected chi connectivity index (χ3v) is 11.6. The molecule has 0 spiro atoms. The SMILES string of the molecule is CC[C@H](CC[C@@H](C)[C@@H]1CC[C@@H]2C3=CC[C@H]4C[C@H](OC(C)=O)CC[C@]4(C)[C@H]3CC[C@]21C)C(C)C. The Labute approximate surface area is 204 Å². The van der Waals surface area contributed by atoms with Crippen molar-refractivity contribution in [1.82, 2.24) is 0 Å². The van der Waals surface area contributed by atoms with Crippen molar-refractivity contribution in [3.63, 3.8) is 0 Å². The van der Waals surface area contributed by atoms with Crippen molar-refractivity contribution in [2.45, 2.75) is 125 Å². The summed E-state index contributed by atoms with van der Waals surface area (Å²) in [6, 6.07) is 0. The van der Waals surface area contributed by atoms with Crippen LogP contribution in [0.25, 0.3) is 0 Å². The van der Waals surface area contributed by atoms with Gasteiger partial charge in [-0.3, -0.25) is 4.79 Å². The molecule has 0 saturated heterocycles. The van der Waals surface area contributed by atoms with Crippen molar-refractivity contribution in [3.8, 4) is 0 Å². The molecule has 188 valence electrons. The van der Waals surface area contributed by atoms with Gasteiger partial charge in [-0.1, -0.05) is 66.0 Å². The minimum absolute atomic E-state index is 0.103. The number of hydrogen-bond acceptors (Lipinski definition) is 2. The molecule has 0 aromatic rings. The Bertz CT molecular complexity index is 737. The van der Waals surface area contributed by atoms with Gasteiger partial charge in [0.05, 0.1) is 0 Å². The van der Waals surface area contributed by atoms with E-state index >= 15 is 0 Å². The van der Waals surface area contributed by atoms with Gasteiger partial charge in [0.2, 0.25) is 0 Å². The first kappa shape index (κ1) is 25.3. The smallest absolute Gasteiger partial charge is 0.302 e. The molecule has 4 rings (SSSR count). The quantitative estimate of drug-likeness (QED) is 0.283. The molecule has 2 heteroatoms. The lowest BCUT2D eigenvalue weighted by molar-refractivity contribution is -0.152. The summed E-state index contributed by atoms with van der Waals surface area (Å²) in [4.78, 5) is 11.5. The molecule has 4 aliphatic carbocycles. The fraction of sp³-hybridized carbons (Fsp3) is 0.903. The van der Waals surface area contributed by atoms with Gasteiger partial charge in [0.15, 0.2) is 0 Å². The molecule has 0 unspecified atom stereocenters. The maximum Gasteiger partial charge on any atom is 0.302 e. The lowest BCUT2D eigenvalue weighted by Crippen LogP contribution is -2.50. The van der Waals surface area contributed by atoms with Crippen LogP contribution in [0.15, 0.2) is 11.6 Å². The van der Waals surface area contributed by atoms with Crippen molar-refractivity contribution >= 4 is 5.97 Å². The molecule has 0 amide bonds. The van der Waals surface area contributed by atoms with Gasteiger partial charge < -0.3 is 4.74 Å². The molecule has 0 heterocycles. The van der Waals surface area contributed by atoms with Crippen LogP contribution in [-0.2, 0) is 9.53 Å². The molecule has 0 aromatic carbocycles. The second-order valence-electron chi connectivity index (χ2n) is 13.4. The van der Waals surface area contributed by atoms with Crippen LogP contribution >= 0.6 is 0 Å². The minimum Gasteiger partial charge on any atom is -0.463 e. The Morgan fingerprint density at radius 3 is 2.39 bits per heavy atom. The van der Waals surface area contributed by atoms with Gasteiger partial charge in [0, 0.05) is 6.92 Å². The van der Waals surface area contributed by atoms with Crippen LogP contribution in [-0.4, -0.2) is 12.1 Å². The average Bonchev–Trinajstić information content (AvgIpc) is 3.11. The molecule has 3 saturated carbocycles. The molecule has 0 radical (unpaired) electrons.